The lowest BCUT2D eigenvalue weighted by Gasteiger charge is -2.31. The van der Waals surface area contributed by atoms with Crippen LogP contribution in [0.1, 0.15) is 26.2 Å². The van der Waals surface area contributed by atoms with Crippen LogP contribution in [0.5, 0.6) is 5.88 Å². The molecule has 1 aliphatic carbocycles. The average molecular weight is 300 g/mol. The molecule has 0 N–H and O–H groups in total. The lowest BCUT2D eigenvalue weighted by molar-refractivity contribution is 0.317. The molecule has 0 spiro atoms. The minimum absolute atomic E-state index is 0.599. The molecule has 0 unspecified atom stereocenters. The number of halogens is 1. The van der Waals surface area contributed by atoms with Crippen molar-refractivity contribution in [2.45, 2.75) is 26.2 Å². The fraction of sp³-hybridized carbons (Fsp3) is 0.667. The van der Waals surface area contributed by atoms with E-state index in [2.05, 4.69) is 37.7 Å². The van der Waals surface area contributed by atoms with Crippen LogP contribution in [0, 0.1) is 5.92 Å². The van der Waals surface area contributed by atoms with Crippen LogP contribution in [0.15, 0.2) is 10.7 Å². The van der Waals surface area contributed by atoms with Crippen molar-refractivity contribution in [1.82, 2.24) is 9.97 Å². The SMILES string of the molecule is CCN(CC1CCC1)c1ncc(Br)c(OC)n1. The third-order valence-electron chi connectivity index (χ3n) is 3.26. The van der Waals surface area contributed by atoms with Crippen LogP contribution < -0.4 is 9.64 Å². The van der Waals surface area contributed by atoms with Crippen LogP contribution in [-0.2, 0) is 0 Å². The molecular weight excluding hydrogens is 282 g/mol. The molecule has 0 radical (unpaired) electrons. The summed E-state index contributed by atoms with van der Waals surface area (Å²) >= 11 is 3.37. The summed E-state index contributed by atoms with van der Waals surface area (Å²) in [5.41, 5.74) is 0. The van der Waals surface area contributed by atoms with E-state index in [-0.39, 0.29) is 0 Å². The summed E-state index contributed by atoms with van der Waals surface area (Å²) in [5, 5.41) is 0. The molecule has 0 atom stereocenters. The standard InChI is InChI=1S/C12H18BrN3O/c1-3-16(8-9-5-4-6-9)12-14-7-10(13)11(15-12)17-2/h7,9H,3-6,8H2,1-2H3. The van der Waals surface area contributed by atoms with E-state index in [4.69, 9.17) is 4.74 Å². The third-order valence-corrected chi connectivity index (χ3v) is 3.80. The highest BCUT2D eigenvalue weighted by Gasteiger charge is 2.21. The molecule has 94 valence electrons. The Bertz CT molecular complexity index is 382. The summed E-state index contributed by atoms with van der Waals surface area (Å²) in [4.78, 5) is 11.0. The zero-order chi connectivity index (χ0) is 12.3. The first-order chi connectivity index (χ1) is 8.24. The molecule has 1 aromatic rings. The van der Waals surface area contributed by atoms with Crippen molar-refractivity contribution in [3.05, 3.63) is 10.7 Å². The minimum Gasteiger partial charge on any atom is -0.480 e. The van der Waals surface area contributed by atoms with Gasteiger partial charge in [0.25, 0.3) is 0 Å². The van der Waals surface area contributed by atoms with Crippen LogP contribution in [0.25, 0.3) is 0 Å². The highest BCUT2D eigenvalue weighted by atomic mass is 79.9. The Morgan fingerprint density at radius 2 is 2.29 bits per heavy atom. The topological polar surface area (TPSA) is 38.2 Å². The van der Waals surface area contributed by atoms with Gasteiger partial charge in [0.15, 0.2) is 0 Å². The molecule has 1 saturated carbocycles. The van der Waals surface area contributed by atoms with Crippen LogP contribution in [0.4, 0.5) is 5.95 Å². The molecule has 4 nitrogen and oxygen atoms in total. The van der Waals surface area contributed by atoms with Crippen molar-refractivity contribution < 1.29 is 4.74 Å². The van der Waals surface area contributed by atoms with E-state index in [1.54, 1.807) is 13.3 Å². The molecule has 1 fully saturated rings. The molecular formula is C12H18BrN3O. The zero-order valence-electron chi connectivity index (χ0n) is 10.3. The van der Waals surface area contributed by atoms with Gasteiger partial charge in [0.1, 0.15) is 0 Å². The molecule has 5 heteroatoms. The third kappa shape index (κ3) is 2.89. The van der Waals surface area contributed by atoms with Crippen molar-refractivity contribution in [2.24, 2.45) is 5.92 Å². The second-order valence-electron chi connectivity index (χ2n) is 4.36. The molecule has 0 aliphatic heterocycles. The van der Waals surface area contributed by atoms with Gasteiger partial charge in [-0.2, -0.15) is 4.98 Å². The normalized spacial score (nSPS) is 15.5. The highest BCUT2D eigenvalue weighted by molar-refractivity contribution is 9.10. The number of methoxy groups -OCH3 is 1. The van der Waals surface area contributed by atoms with Crippen molar-refractivity contribution in [1.29, 1.82) is 0 Å². The number of ether oxygens (including phenoxy) is 1. The van der Waals surface area contributed by atoms with E-state index < -0.39 is 0 Å². The fourth-order valence-corrected chi connectivity index (χ4v) is 2.33. The van der Waals surface area contributed by atoms with Gasteiger partial charge in [-0.25, -0.2) is 4.98 Å². The van der Waals surface area contributed by atoms with Crippen molar-refractivity contribution in [3.63, 3.8) is 0 Å². The molecule has 17 heavy (non-hydrogen) atoms. The van der Waals surface area contributed by atoms with Crippen LogP contribution in [0.3, 0.4) is 0 Å². The average Bonchev–Trinajstić information content (AvgIpc) is 2.29. The highest BCUT2D eigenvalue weighted by Crippen LogP contribution is 2.29. The van der Waals surface area contributed by atoms with Gasteiger partial charge in [0.2, 0.25) is 11.8 Å². The molecule has 1 heterocycles. The molecule has 0 bridgehead atoms. The largest absolute Gasteiger partial charge is 0.480 e. The van der Waals surface area contributed by atoms with Crippen molar-refractivity contribution >= 4 is 21.9 Å². The number of nitrogens with zero attached hydrogens (tertiary/aromatic N) is 3. The Kier molecular flexibility index (Phi) is 4.20. The first-order valence-corrected chi connectivity index (χ1v) is 6.85. The summed E-state index contributed by atoms with van der Waals surface area (Å²) in [5.74, 6) is 2.18. The number of aromatic nitrogens is 2. The monoisotopic (exact) mass is 299 g/mol. The van der Waals surface area contributed by atoms with Crippen LogP contribution >= 0.6 is 15.9 Å². The first-order valence-electron chi connectivity index (χ1n) is 6.06. The van der Waals surface area contributed by atoms with Gasteiger partial charge in [0, 0.05) is 13.1 Å². The van der Waals surface area contributed by atoms with Gasteiger partial charge >= 0.3 is 0 Å². The van der Waals surface area contributed by atoms with Crippen molar-refractivity contribution in [2.75, 3.05) is 25.1 Å². The Balaban J connectivity index is 2.11. The summed E-state index contributed by atoms with van der Waals surface area (Å²) in [6, 6.07) is 0. The van der Waals surface area contributed by atoms with Gasteiger partial charge < -0.3 is 9.64 Å². The second-order valence-corrected chi connectivity index (χ2v) is 5.22. The van der Waals surface area contributed by atoms with Gasteiger partial charge in [-0.3, -0.25) is 0 Å². The summed E-state index contributed by atoms with van der Waals surface area (Å²) in [6.45, 7) is 4.12. The molecule has 1 aromatic heterocycles. The van der Waals surface area contributed by atoms with Crippen molar-refractivity contribution in [3.8, 4) is 5.88 Å². The lowest BCUT2D eigenvalue weighted by Crippen LogP contribution is -2.33. The Hall–Kier alpha value is -0.840. The number of rotatable bonds is 5. The second kappa shape index (κ2) is 5.67. The Labute approximate surface area is 111 Å². The minimum atomic E-state index is 0.599. The fourth-order valence-electron chi connectivity index (χ4n) is 1.98. The smallest absolute Gasteiger partial charge is 0.232 e. The zero-order valence-corrected chi connectivity index (χ0v) is 11.9. The van der Waals surface area contributed by atoms with Gasteiger partial charge in [0.05, 0.1) is 17.8 Å². The maximum Gasteiger partial charge on any atom is 0.232 e. The van der Waals surface area contributed by atoms with Crippen LogP contribution in [0.2, 0.25) is 0 Å². The number of hydrogen-bond donors (Lipinski definition) is 0. The predicted octanol–water partition coefficient (Wildman–Crippen LogP) is 2.87. The van der Waals surface area contributed by atoms with E-state index >= 15 is 0 Å². The maximum atomic E-state index is 5.20. The lowest BCUT2D eigenvalue weighted by atomic mass is 9.85. The quantitative estimate of drug-likeness (QED) is 0.838. The molecule has 0 saturated heterocycles. The maximum absolute atomic E-state index is 5.20. The van der Waals surface area contributed by atoms with E-state index in [1.165, 1.54) is 19.3 Å². The Morgan fingerprint density at radius 3 is 2.82 bits per heavy atom. The van der Waals surface area contributed by atoms with Crippen LogP contribution in [-0.4, -0.2) is 30.2 Å². The predicted molar refractivity (Wildman–Crippen MR) is 71.5 cm³/mol. The summed E-state index contributed by atoms with van der Waals surface area (Å²) in [7, 11) is 1.62. The molecule has 2 rings (SSSR count). The van der Waals surface area contributed by atoms with E-state index in [1.807, 2.05) is 0 Å². The van der Waals surface area contributed by atoms with E-state index in [0.717, 1.165) is 29.4 Å². The first kappa shape index (κ1) is 12.6. The summed E-state index contributed by atoms with van der Waals surface area (Å²) in [6.07, 6.45) is 5.80. The van der Waals surface area contributed by atoms with Gasteiger partial charge in [-0.05, 0) is 41.6 Å². The van der Waals surface area contributed by atoms with Gasteiger partial charge in [-0.15, -0.1) is 0 Å². The number of anilines is 1. The van der Waals surface area contributed by atoms with E-state index in [9.17, 15) is 0 Å². The van der Waals surface area contributed by atoms with E-state index in [0.29, 0.717) is 5.88 Å². The summed E-state index contributed by atoms with van der Waals surface area (Å²) < 4.78 is 6.00. The number of hydrogen-bond acceptors (Lipinski definition) is 4. The molecule has 0 amide bonds. The molecule has 1 aliphatic rings. The molecule has 0 aromatic carbocycles. The Morgan fingerprint density at radius 1 is 1.53 bits per heavy atom. The van der Waals surface area contributed by atoms with Gasteiger partial charge in [-0.1, -0.05) is 6.42 Å².